The fraction of sp³-hybridized carbons (Fsp3) is 0.323. The standard InChI is InChI=1S/C31H38N2O3S/c1-4-28(24-11-7-5-8-12-24)30(25-13-9-6-10-14-25)26-15-17-27(18-16-26)35-21-20-33(2)23-36-31(34)29(32)19-22-37-3/h5-18,29H,4,19-23,32H2,1-3H3/b30-28-/t29-/m0/s1. The highest BCUT2D eigenvalue weighted by Crippen LogP contribution is 2.34. The molecule has 0 radical (unpaired) electrons. The quantitative estimate of drug-likeness (QED) is 0.162. The summed E-state index contributed by atoms with van der Waals surface area (Å²) in [6, 6.07) is 28.8. The van der Waals surface area contributed by atoms with Crippen LogP contribution in [0, 0.1) is 0 Å². The van der Waals surface area contributed by atoms with Crippen LogP contribution >= 0.6 is 11.8 Å². The van der Waals surface area contributed by atoms with Crippen LogP contribution in [0.25, 0.3) is 11.1 Å². The van der Waals surface area contributed by atoms with Gasteiger partial charge in [0.2, 0.25) is 0 Å². The number of benzene rings is 3. The molecule has 196 valence electrons. The number of ether oxygens (including phenoxy) is 2. The van der Waals surface area contributed by atoms with Crippen molar-refractivity contribution in [2.75, 3.05) is 38.9 Å². The van der Waals surface area contributed by atoms with E-state index >= 15 is 0 Å². The van der Waals surface area contributed by atoms with Gasteiger partial charge in [-0.15, -0.1) is 0 Å². The summed E-state index contributed by atoms with van der Waals surface area (Å²) >= 11 is 1.67. The molecule has 0 spiro atoms. The van der Waals surface area contributed by atoms with Crippen LogP contribution in [-0.4, -0.2) is 55.8 Å². The van der Waals surface area contributed by atoms with Crippen molar-refractivity contribution in [1.29, 1.82) is 0 Å². The van der Waals surface area contributed by atoms with Gasteiger partial charge in [0.05, 0.1) is 0 Å². The van der Waals surface area contributed by atoms with E-state index in [4.69, 9.17) is 15.2 Å². The van der Waals surface area contributed by atoms with E-state index in [1.54, 1.807) is 11.8 Å². The van der Waals surface area contributed by atoms with Gasteiger partial charge in [-0.05, 0) is 71.9 Å². The fourth-order valence-electron chi connectivity index (χ4n) is 4.03. The summed E-state index contributed by atoms with van der Waals surface area (Å²) in [6.45, 7) is 3.50. The molecule has 0 aliphatic rings. The van der Waals surface area contributed by atoms with Crippen molar-refractivity contribution in [3.05, 3.63) is 102 Å². The lowest BCUT2D eigenvalue weighted by molar-refractivity contribution is -0.149. The molecule has 37 heavy (non-hydrogen) atoms. The maximum Gasteiger partial charge on any atom is 0.324 e. The van der Waals surface area contributed by atoms with Crippen molar-refractivity contribution < 1.29 is 14.3 Å². The lowest BCUT2D eigenvalue weighted by atomic mass is 9.88. The number of allylic oxidation sites excluding steroid dienone is 1. The summed E-state index contributed by atoms with van der Waals surface area (Å²) in [5.41, 5.74) is 12.0. The van der Waals surface area contributed by atoms with Crippen LogP contribution in [0.1, 0.15) is 36.5 Å². The Hall–Kier alpha value is -3.06. The van der Waals surface area contributed by atoms with Gasteiger partial charge in [0.1, 0.15) is 25.1 Å². The minimum Gasteiger partial charge on any atom is -0.492 e. The maximum absolute atomic E-state index is 12.0. The van der Waals surface area contributed by atoms with Gasteiger partial charge in [-0.1, -0.05) is 79.7 Å². The first-order valence-corrected chi connectivity index (χ1v) is 14.1. The third kappa shape index (κ3) is 8.78. The predicted octanol–water partition coefficient (Wildman–Crippen LogP) is 5.95. The third-order valence-corrected chi connectivity index (χ3v) is 6.73. The summed E-state index contributed by atoms with van der Waals surface area (Å²) in [5, 5.41) is 0. The predicted molar refractivity (Wildman–Crippen MR) is 156 cm³/mol. The number of hydrogen-bond donors (Lipinski definition) is 1. The number of hydrogen-bond acceptors (Lipinski definition) is 6. The summed E-state index contributed by atoms with van der Waals surface area (Å²) in [6.07, 6.45) is 3.53. The lowest BCUT2D eigenvalue weighted by Crippen LogP contribution is -2.36. The van der Waals surface area contributed by atoms with Crippen LogP contribution in [0.4, 0.5) is 0 Å². The number of rotatable bonds is 14. The molecule has 3 aromatic carbocycles. The van der Waals surface area contributed by atoms with E-state index in [0.717, 1.165) is 23.5 Å². The highest BCUT2D eigenvalue weighted by molar-refractivity contribution is 7.98. The van der Waals surface area contributed by atoms with Crippen molar-refractivity contribution in [2.24, 2.45) is 5.73 Å². The second kappa shape index (κ2) is 15.3. The second-order valence-corrected chi connectivity index (χ2v) is 9.86. The van der Waals surface area contributed by atoms with Crippen molar-refractivity contribution in [1.82, 2.24) is 4.90 Å². The molecule has 0 heterocycles. The highest BCUT2D eigenvalue weighted by atomic mass is 32.2. The average molecular weight is 519 g/mol. The Morgan fingerprint density at radius 2 is 1.51 bits per heavy atom. The van der Waals surface area contributed by atoms with Crippen LogP contribution in [0.15, 0.2) is 84.9 Å². The zero-order valence-electron chi connectivity index (χ0n) is 22.1. The van der Waals surface area contributed by atoms with Gasteiger partial charge < -0.3 is 15.2 Å². The van der Waals surface area contributed by atoms with E-state index in [-0.39, 0.29) is 12.7 Å². The van der Waals surface area contributed by atoms with E-state index in [1.165, 1.54) is 22.3 Å². The van der Waals surface area contributed by atoms with Gasteiger partial charge in [0, 0.05) is 6.54 Å². The summed E-state index contributed by atoms with van der Waals surface area (Å²) in [4.78, 5) is 13.9. The topological polar surface area (TPSA) is 64.8 Å². The summed E-state index contributed by atoms with van der Waals surface area (Å²) < 4.78 is 11.3. The number of nitrogens with two attached hydrogens (primary N) is 1. The third-order valence-electron chi connectivity index (χ3n) is 6.09. The van der Waals surface area contributed by atoms with E-state index in [9.17, 15) is 4.79 Å². The van der Waals surface area contributed by atoms with E-state index in [2.05, 4.69) is 67.6 Å². The van der Waals surface area contributed by atoms with Gasteiger partial charge >= 0.3 is 5.97 Å². The molecular weight excluding hydrogens is 480 g/mol. The number of esters is 1. The minimum atomic E-state index is -0.569. The molecule has 0 aliphatic heterocycles. The van der Waals surface area contributed by atoms with Gasteiger partial charge in [-0.2, -0.15) is 11.8 Å². The van der Waals surface area contributed by atoms with Gasteiger partial charge in [0.25, 0.3) is 0 Å². The molecule has 0 saturated carbocycles. The average Bonchev–Trinajstić information content (AvgIpc) is 2.94. The number of thioether (sulfide) groups is 1. The maximum atomic E-state index is 12.0. The molecule has 0 aliphatic carbocycles. The van der Waals surface area contributed by atoms with Crippen LogP contribution in [0.3, 0.4) is 0 Å². The van der Waals surface area contributed by atoms with E-state index in [0.29, 0.717) is 19.6 Å². The number of nitrogens with zero attached hydrogens (tertiary/aromatic N) is 1. The first kappa shape index (κ1) is 28.5. The zero-order chi connectivity index (χ0) is 26.5. The molecule has 0 amide bonds. The molecule has 6 heteroatoms. The Morgan fingerprint density at radius 1 is 0.919 bits per heavy atom. The van der Waals surface area contributed by atoms with Crippen LogP contribution < -0.4 is 10.5 Å². The monoisotopic (exact) mass is 518 g/mol. The molecule has 0 bridgehead atoms. The molecule has 3 aromatic rings. The number of carbonyl (C=O) groups excluding carboxylic acids is 1. The lowest BCUT2D eigenvalue weighted by Gasteiger charge is -2.19. The van der Waals surface area contributed by atoms with E-state index < -0.39 is 6.04 Å². The van der Waals surface area contributed by atoms with Crippen LogP contribution in [0.2, 0.25) is 0 Å². The van der Waals surface area contributed by atoms with Crippen molar-refractivity contribution >= 4 is 28.9 Å². The van der Waals surface area contributed by atoms with Crippen LogP contribution in [0.5, 0.6) is 5.75 Å². The van der Waals surface area contributed by atoms with Crippen molar-refractivity contribution in [3.8, 4) is 5.75 Å². The molecule has 2 N–H and O–H groups in total. The first-order chi connectivity index (χ1) is 18.0. The zero-order valence-corrected chi connectivity index (χ0v) is 22.9. The van der Waals surface area contributed by atoms with E-state index in [1.807, 2.05) is 42.5 Å². The molecule has 3 rings (SSSR count). The van der Waals surface area contributed by atoms with Crippen LogP contribution in [-0.2, 0) is 9.53 Å². The fourth-order valence-corrected chi connectivity index (χ4v) is 4.52. The highest BCUT2D eigenvalue weighted by Gasteiger charge is 2.15. The minimum absolute atomic E-state index is 0.193. The number of likely N-dealkylation sites (N-methyl/N-ethyl adjacent to an activating group) is 1. The molecule has 0 aromatic heterocycles. The molecule has 0 unspecified atom stereocenters. The van der Waals surface area contributed by atoms with Crippen molar-refractivity contribution in [3.63, 3.8) is 0 Å². The van der Waals surface area contributed by atoms with Crippen molar-refractivity contribution in [2.45, 2.75) is 25.8 Å². The normalized spacial score (nSPS) is 12.7. The Balaban J connectivity index is 1.63. The smallest absolute Gasteiger partial charge is 0.324 e. The molecule has 0 fully saturated rings. The first-order valence-electron chi connectivity index (χ1n) is 12.7. The molecular formula is C31H38N2O3S. The van der Waals surface area contributed by atoms with Gasteiger partial charge in [-0.25, -0.2) is 0 Å². The summed E-state index contributed by atoms with van der Waals surface area (Å²) in [7, 11) is 1.89. The van der Waals surface area contributed by atoms with Gasteiger partial charge in [0.15, 0.2) is 0 Å². The van der Waals surface area contributed by atoms with Gasteiger partial charge in [-0.3, -0.25) is 9.69 Å². The second-order valence-electron chi connectivity index (χ2n) is 8.87. The Kier molecular flexibility index (Phi) is 11.8. The number of carbonyl (C=O) groups is 1. The largest absolute Gasteiger partial charge is 0.492 e. The Labute approximate surface area is 225 Å². The molecule has 1 atom stereocenters. The SMILES string of the molecule is CC/C(=C(\c1ccccc1)c1ccc(OCCN(C)COC(=O)[C@@H](N)CCSC)cc1)c1ccccc1. The Bertz CT molecular complexity index is 1120. The summed E-state index contributed by atoms with van der Waals surface area (Å²) in [5.74, 6) is 1.29. The molecule has 0 saturated heterocycles. The Morgan fingerprint density at radius 3 is 2.11 bits per heavy atom. The molecule has 5 nitrogen and oxygen atoms in total.